The van der Waals surface area contributed by atoms with Crippen LogP contribution in [0, 0.1) is 0 Å². The molecular weight excluding hydrogens is 505 g/mol. The average molecular weight is 523 g/mol. The molecule has 5 rings (SSSR count). The van der Waals surface area contributed by atoms with E-state index in [2.05, 4.69) is 19.9 Å². The number of nitrogens with zero attached hydrogens (tertiary/aromatic N) is 4. The maximum absolute atomic E-state index is 14.6. The van der Waals surface area contributed by atoms with Gasteiger partial charge in [-0.3, -0.25) is 9.78 Å². The largest absolute Gasteiger partial charge is 0.490 e. The normalized spacial score (nSPS) is 17.2. The van der Waals surface area contributed by atoms with E-state index in [1.165, 1.54) is 23.6 Å². The van der Waals surface area contributed by atoms with Crippen molar-refractivity contribution in [1.82, 2.24) is 24.8 Å². The number of para-hydroxylation sites is 1. The van der Waals surface area contributed by atoms with Gasteiger partial charge in [-0.1, -0.05) is 18.2 Å². The topological polar surface area (TPSA) is 121 Å². The maximum atomic E-state index is 14.6. The number of nitrogens with one attached hydrogen (secondary N) is 1. The summed E-state index contributed by atoms with van der Waals surface area (Å²) in [6.07, 6.45) is -2.67. The summed E-state index contributed by atoms with van der Waals surface area (Å²) in [7, 11) is 0. The number of carbonyl (C=O) groups is 2. The van der Waals surface area contributed by atoms with Crippen molar-refractivity contribution in [1.29, 1.82) is 0 Å². The van der Waals surface area contributed by atoms with Crippen molar-refractivity contribution >= 4 is 33.8 Å². The molecule has 0 bridgehead atoms. The lowest BCUT2D eigenvalue weighted by Gasteiger charge is -2.37. The van der Waals surface area contributed by atoms with Crippen LogP contribution in [-0.2, 0) is 4.79 Å². The quantitative estimate of drug-likeness (QED) is 0.389. The molecule has 1 atom stereocenters. The standard InChI is InChI=1S/C21H17F2N5O2.C2HF3O2/c22-21(23)7-8-28(20(29)14-9-24-10-16-19(14)26-12-25-16)11-17(21)30-18-6-5-13-3-1-2-4-15(13)27-18;3-2(4,5)1(6)7/h1-6,9-10,12,17H,7-8,11H2,(H,25,26);(H,6,7). The third-order valence-electron chi connectivity index (χ3n) is 5.51. The number of piperidine rings is 1. The molecule has 1 fully saturated rings. The first-order valence-corrected chi connectivity index (χ1v) is 10.7. The second-order valence-corrected chi connectivity index (χ2v) is 8.00. The summed E-state index contributed by atoms with van der Waals surface area (Å²) in [6.45, 7) is -0.341. The molecule has 9 nitrogen and oxygen atoms in total. The highest BCUT2D eigenvalue weighted by Gasteiger charge is 2.47. The van der Waals surface area contributed by atoms with E-state index in [-0.39, 0.29) is 24.5 Å². The number of rotatable bonds is 3. The van der Waals surface area contributed by atoms with E-state index in [4.69, 9.17) is 14.6 Å². The number of pyridine rings is 2. The molecule has 0 spiro atoms. The van der Waals surface area contributed by atoms with Crippen LogP contribution in [0.5, 0.6) is 5.88 Å². The van der Waals surface area contributed by atoms with E-state index in [1.54, 1.807) is 18.2 Å². The lowest BCUT2D eigenvalue weighted by molar-refractivity contribution is -0.192. The molecule has 1 aliphatic rings. The summed E-state index contributed by atoms with van der Waals surface area (Å²) in [5, 5.41) is 8.01. The summed E-state index contributed by atoms with van der Waals surface area (Å²) < 4.78 is 66.5. The van der Waals surface area contributed by atoms with Crippen LogP contribution >= 0.6 is 0 Å². The van der Waals surface area contributed by atoms with Gasteiger partial charge in [-0.2, -0.15) is 13.2 Å². The summed E-state index contributed by atoms with van der Waals surface area (Å²) >= 11 is 0. The highest BCUT2D eigenvalue weighted by molar-refractivity contribution is 6.04. The lowest BCUT2D eigenvalue weighted by atomic mass is 10.0. The Bertz CT molecular complexity index is 1440. The van der Waals surface area contributed by atoms with E-state index in [9.17, 15) is 26.7 Å². The van der Waals surface area contributed by atoms with Gasteiger partial charge in [0.05, 0.1) is 35.7 Å². The van der Waals surface area contributed by atoms with Gasteiger partial charge in [-0.15, -0.1) is 0 Å². The summed E-state index contributed by atoms with van der Waals surface area (Å²) in [6, 6.07) is 10.7. The zero-order chi connectivity index (χ0) is 26.8. The van der Waals surface area contributed by atoms with E-state index in [0.29, 0.717) is 16.6 Å². The Morgan fingerprint density at radius 2 is 1.84 bits per heavy atom. The van der Waals surface area contributed by atoms with Crippen LogP contribution in [0.15, 0.2) is 55.1 Å². The minimum Gasteiger partial charge on any atom is -0.475 e. The molecule has 2 N–H and O–H groups in total. The SMILES string of the molecule is O=C(O)C(F)(F)F.O=C(c1cncc2nc[nH]c12)N1CCC(F)(F)C(Oc2ccc3ccccc3n2)C1. The Kier molecular flexibility index (Phi) is 6.92. The molecular formula is C23H18F5N5O4. The van der Waals surface area contributed by atoms with Crippen molar-refractivity contribution in [2.75, 3.05) is 13.1 Å². The van der Waals surface area contributed by atoms with Gasteiger partial charge in [0.25, 0.3) is 11.8 Å². The van der Waals surface area contributed by atoms with Crippen LogP contribution in [0.25, 0.3) is 21.9 Å². The molecule has 0 saturated carbocycles. The van der Waals surface area contributed by atoms with Crippen molar-refractivity contribution in [3.63, 3.8) is 0 Å². The number of hydrogen-bond acceptors (Lipinski definition) is 6. The van der Waals surface area contributed by atoms with Gasteiger partial charge in [0, 0.05) is 30.6 Å². The number of H-pyrrole nitrogens is 1. The monoisotopic (exact) mass is 523 g/mol. The smallest absolute Gasteiger partial charge is 0.475 e. The molecule has 0 aliphatic carbocycles. The predicted octanol–water partition coefficient (Wildman–Crippen LogP) is 4.07. The number of benzene rings is 1. The first-order chi connectivity index (χ1) is 17.5. The highest BCUT2D eigenvalue weighted by Crippen LogP contribution is 2.32. The Morgan fingerprint density at radius 1 is 1.11 bits per heavy atom. The van der Waals surface area contributed by atoms with Crippen LogP contribution in [-0.4, -0.2) is 73.1 Å². The van der Waals surface area contributed by atoms with Crippen molar-refractivity contribution in [2.45, 2.75) is 24.6 Å². The average Bonchev–Trinajstić information content (AvgIpc) is 3.34. The first kappa shape index (κ1) is 25.7. The number of hydrogen-bond donors (Lipinski definition) is 2. The molecule has 1 unspecified atom stereocenters. The number of fused-ring (bicyclic) bond motifs is 2. The number of ether oxygens (including phenoxy) is 1. The molecule has 3 aromatic heterocycles. The zero-order valence-corrected chi connectivity index (χ0v) is 18.7. The molecule has 1 saturated heterocycles. The van der Waals surface area contributed by atoms with Gasteiger partial charge in [0.2, 0.25) is 5.88 Å². The Balaban J connectivity index is 0.000000405. The molecule has 4 heterocycles. The Labute approximate surface area is 204 Å². The predicted molar refractivity (Wildman–Crippen MR) is 119 cm³/mol. The number of amides is 1. The molecule has 1 aliphatic heterocycles. The number of carboxylic acid groups (broad SMARTS) is 1. The highest BCUT2D eigenvalue weighted by atomic mass is 19.4. The fourth-order valence-corrected chi connectivity index (χ4v) is 3.63. The fraction of sp³-hybridized carbons (Fsp3) is 0.261. The van der Waals surface area contributed by atoms with Crippen molar-refractivity contribution in [2.24, 2.45) is 0 Å². The van der Waals surface area contributed by atoms with Gasteiger partial charge >= 0.3 is 12.1 Å². The number of aromatic nitrogens is 4. The van der Waals surface area contributed by atoms with Gasteiger partial charge in [-0.25, -0.2) is 23.5 Å². The van der Waals surface area contributed by atoms with Crippen LogP contribution < -0.4 is 4.74 Å². The number of halogens is 5. The third kappa shape index (κ3) is 5.73. The molecule has 194 valence electrons. The van der Waals surface area contributed by atoms with Crippen molar-refractivity contribution in [3.05, 3.63) is 60.7 Å². The van der Waals surface area contributed by atoms with Gasteiger partial charge < -0.3 is 19.7 Å². The third-order valence-corrected chi connectivity index (χ3v) is 5.51. The van der Waals surface area contributed by atoms with Gasteiger partial charge in [0.1, 0.15) is 5.52 Å². The summed E-state index contributed by atoms with van der Waals surface area (Å²) in [4.78, 5) is 38.6. The number of aliphatic carboxylic acids is 1. The van der Waals surface area contributed by atoms with E-state index in [1.807, 2.05) is 18.2 Å². The molecule has 1 amide bonds. The molecule has 4 aromatic rings. The Morgan fingerprint density at radius 3 is 2.57 bits per heavy atom. The number of aromatic amines is 1. The van der Waals surface area contributed by atoms with Crippen LogP contribution in [0.4, 0.5) is 22.0 Å². The van der Waals surface area contributed by atoms with E-state index < -0.39 is 36.5 Å². The minimum atomic E-state index is -5.08. The number of likely N-dealkylation sites (tertiary alicyclic amines) is 1. The number of imidazole rings is 1. The van der Waals surface area contributed by atoms with E-state index in [0.717, 1.165) is 5.39 Å². The Hall–Kier alpha value is -4.36. The number of alkyl halides is 5. The molecule has 0 radical (unpaired) electrons. The van der Waals surface area contributed by atoms with Crippen LogP contribution in [0.3, 0.4) is 0 Å². The fourth-order valence-electron chi connectivity index (χ4n) is 3.63. The zero-order valence-electron chi connectivity index (χ0n) is 18.7. The molecule has 14 heteroatoms. The summed E-state index contributed by atoms with van der Waals surface area (Å²) in [5.41, 5.74) is 2.01. The van der Waals surface area contributed by atoms with Gasteiger partial charge in [-0.05, 0) is 12.1 Å². The van der Waals surface area contributed by atoms with Crippen molar-refractivity contribution < 1.29 is 41.4 Å². The summed E-state index contributed by atoms with van der Waals surface area (Å²) in [5.74, 6) is -6.13. The van der Waals surface area contributed by atoms with Crippen molar-refractivity contribution in [3.8, 4) is 5.88 Å². The van der Waals surface area contributed by atoms with Gasteiger partial charge in [0.15, 0.2) is 6.10 Å². The second kappa shape index (κ2) is 9.95. The minimum absolute atomic E-state index is 0.0820. The molecule has 1 aromatic carbocycles. The van der Waals surface area contributed by atoms with Crippen LogP contribution in [0.2, 0.25) is 0 Å². The maximum Gasteiger partial charge on any atom is 0.490 e. The molecule has 37 heavy (non-hydrogen) atoms. The number of carboxylic acids is 1. The lowest BCUT2D eigenvalue weighted by Crippen LogP contribution is -2.55. The van der Waals surface area contributed by atoms with E-state index >= 15 is 0 Å². The van der Waals surface area contributed by atoms with Crippen LogP contribution in [0.1, 0.15) is 16.8 Å². The number of carbonyl (C=O) groups excluding carboxylic acids is 1. The second-order valence-electron chi connectivity index (χ2n) is 8.00. The first-order valence-electron chi connectivity index (χ1n) is 10.7.